The van der Waals surface area contributed by atoms with Crippen molar-refractivity contribution in [2.75, 3.05) is 14.1 Å². The van der Waals surface area contributed by atoms with Gasteiger partial charge in [0.05, 0.1) is 11.4 Å². The second-order valence-corrected chi connectivity index (χ2v) is 5.94. The van der Waals surface area contributed by atoms with Crippen molar-refractivity contribution in [2.45, 2.75) is 20.4 Å². The molecule has 1 aromatic carbocycles. The van der Waals surface area contributed by atoms with Crippen LogP contribution in [0.25, 0.3) is 16.9 Å². The molecule has 0 radical (unpaired) electrons. The maximum absolute atomic E-state index is 4.86. The third kappa shape index (κ3) is 4.05. The highest BCUT2D eigenvalue weighted by Crippen LogP contribution is 2.26. The van der Waals surface area contributed by atoms with Crippen molar-refractivity contribution in [3.8, 4) is 11.3 Å². The molecule has 3 rings (SSSR count). The molecule has 2 aromatic heterocycles. The third-order valence-electron chi connectivity index (χ3n) is 3.67. The smallest absolute Gasteiger partial charge is 0.137 e. The van der Waals surface area contributed by atoms with Crippen LogP contribution in [0.15, 0.2) is 42.6 Å². The van der Waals surface area contributed by atoms with E-state index in [-0.39, 0.29) is 24.8 Å². The normalized spacial score (nSPS) is 10.5. The average Bonchev–Trinajstić information content (AvgIpc) is 2.77. The predicted octanol–water partition coefficient (Wildman–Crippen LogP) is 4.52. The van der Waals surface area contributed by atoms with Crippen LogP contribution in [0.1, 0.15) is 16.8 Å². The minimum atomic E-state index is 0. The van der Waals surface area contributed by atoms with Crippen molar-refractivity contribution >= 4 is 30.5 Å². The third-order valence-corrected chi connectivity index (χ3v) is 3.67. The summed E-state index contributed by atoms with van der Waals surface area (Å²) in [6, 6.07) is 12.9. The maximum atomic E-state index is 4.86. The Balaban J connectivity index is 0.00000132. The van der Waals surface area contributed by atoms with Gasteiger partial charge < -0.3 is 9.30 Å². The lowest BCUT2D eigenvalue weighted by Crippen LogP contribution is -2.13. The first-order valence-electron chi connectivity index (χ1n) is 7.24. The lowest BCUT2D eigenvalue weighted by molar-refractivity contribution is 0.396. The summed E-state index contributed by atoms with van der Waals surface area (Å²) in [6.07, 6.45) is 2.12. The largest absolute Gasteiger partial charge is 0.304 e. The van der Waals surface area contributed by atoms with Gasteiger partial charge in [-0.15, -0.1) is 24.8 Å². The summed E-state index contributed by atoms with van der Waals surface area (Å²) >= 11 is 0. The molecular weight excluding hydrogens is 329 g/mol. The molecule has 0 unspecified atom stereocenters. The van der Waals surface area contributed by atoms with Crippen molar-refractivity contribution in [1.82, 2.24) is 14.3 Å². The van der Waals surface area contributed by atoms with Gasteiger partial charge in [0.25, 0.3) is 0 Å². The Hall–Kier alpha value is -1.55. The number of benzene rings is 1. The van der Waals surface area contributed by atoms with Crippen LogP contribution in [-0.4, -0.2) is 28.4 Å². The number of rotatable bonds is 3. The number of hydrogen-bond acceptors (Lipinski definition) is 2. The van der Waals surface area contributed by atoms with Crippen molar-refractivity contribution in [3.63, 3.8) is 0 Å². The molecule has 2 heterocycles. The second kappa shape index (κ2) is 7.82. The summed E-state index contributed by atoms with van der Waals surface area (Å²) in [5, 5.41) is 0. The Bertz CT molecular complexity index is 777. The molecule has 3 nitrogen and oxygen atoms in total. The predicted molar refractivity (Wildman–Crippen MR) is 102 cm³/mol. The van der Waals surface area contributed by atoms with Gasteiger partial charge in [-0.25, -0.2) is 4.98 Å². The quantitative estimate of drug-likeness (QED) is 0.691. The molecule has 0 N–H and O–H groups in total. The summed E-state index contributed by atoms with van der Waals surface area (Å²) in [6.45, 7) is 5.08. The molecule has 0 spiro atoms. The van der Waals surface area contributed by atoms with Gasteiger partial charge in [-0.05, 0) is 45.6 Å². The molecule has 0 aliphatic carbocycles. The van der Waals surface area contributed by atoms with Gasteiger partial charge in [0.15, 0.2) is 0 Å². The topological polar surface area (TPSA) is 20.5 Å². The van der Waals surface area contributed by atoms with E-state index in [2.05, 4.69) is 79.8 Å². The van der Waals surface area contributed by atoms with Crippen LogP contribution in [-0.2, 0) is 6.54 Å². The summed E-state index contributed by atoms with van der Waals surface area (Å²) in [4.78, 5) is 7.04. The molecular formula is C18H23Cl2N3. The van der Waals surface area contributed by atoms with Gasteiger partial charge in [0.1, 0.15) is 5.65 Å². The zero-order chi connectivity index (χ0) is 15.0. The van der Waals surface area contributed by atoms with Crippen LogP contribution in [0.2, 0.25) is 0 Å². The first-order chi connectivity index (χ1) is 10.0. The van der Waals surface area contributed by atoms with Crippen molar-refractivity contribution < 1.29 is 0 Å². The highest BCUT2D eigenvalue weighted by Gasteiger charge is 2.14. The average molecular weight is 352 g/mol. The molecule has 23 heavy (non-hydrogen) atoms. The minimum absolute atomic E-state index is 0. The van der Waals surface area contributed by atoms with E-state index in [0.717, 1.165) is 17.9 Å². The minimum Gasteiger partial charge on any atom is -0.304 e. The molecule has 0 saturated heterocycles. The molecule has 0 fully saturated rings. The van der Waals surface area contributed by atoms with E-state index < -0.39 is 0 Å². The van der Waals surface area contributed by atoms with Crippen LogP contribution in [0.4, 0.5) is 0 Å². The fourth-order valence-corrected chi connectivity index (χ4v) is 2.59. The number of imidazole rings is 1. The number of halogens is 2. The van der Waals surface area contributed by atoms with Gasteiger partial charge in [-0.3, -0.25) is 0 Å². The van der Waals surface area contributed by atoms with Crippen molar-refractivity contribution in [1.29, 1.82) is 0 Å². The van der Waals surface area contributed by atoms with E-state index in [1.165, 1.54) is 22.4 Å². The lowest BCUT2D eigenvalue weighted by atomic mass is 10.1. The zero-order valence-corrected chi connectivity index (χ0v) is 15.5. The number of nitrogens with zero attached hydrogens (tertiary/aromatic N) is 3. The van der Waals surface area contributed by atoms with Gasteiger partial charge in [0.2, 0.25) is 0 Å². The summed E-state index contributed by atoms with van der Waals surface area (Å²) < 4.78 is 2.20. The van der Waals surface area contributed by atoms with Gasteiger partial charge in [0, 0.05) is 18.3 Å². The van der Waals surface area contributed by atoms with E-state index in [4.69, 9.17) is 4.98 Å². The Morgan fingerprint density at radius 1 is 0.957 bits per heavy atom. The SMILES string of the molecule is Cc1ccc(-c2nc3cc(C)ccn3c2CN(C)C)cc1.Cl.Cl. The van der Waals surface area contributed by atoms with Gasteiger partial charge >= 0.3 is 0 Å². The van der Waals surface area contributed by atoms with E-state index in [9.17, 15) is 0 Å². The first-order valence-corrected chi connectivity index (χ1v) is 7.24. The van der Waals surface area contributed by atoms with E-state index >= 15 is 0 Å². The molecule has 0 bridgehead atoms. The highest BCUT2D eigenvalue weighted by atomic mass is 35.5. The van der Waals surface area contributed by atoms with Crippen LogP contribution in [0.3, 0.4) is 0 Å². The molecule has 0 atom stereocenters. The van der Waals surface area contributed by atoms with Crippen LogP contribution in [0, 0.1) is 13.8 Å². The molecule has 0 aliphatic heterocycles. The fourth-order valence-electron chi connectivity index (χ4n) is 2.59. The fraction of sp³-hybridized carbons (Fsp3) is 0.278. The summed E-state index contributed by atoms with van der Waals surface area (Å²) in [7, 11) is 4.18. The number of fused-ring (bicyclic) bond motifs is 1. The summed E-state index contributed by atoms with van der Waals surface area (Å²) in [5.74, 6) is 0. The van der Waals surface area contributed by atoms with E-state index in [1.54, 1.807) is 0 Å². The van der Waals surface area contributed by atoms with Crippen molar-refractivity contribution in [3.05, 3.63) is 59.4 Å². The molecule has 0 amide bonds. The first kappa shape index (κ1) is 19.5. The summed E-state index contributed by atoms with van der Waals surface area (Å²) in [5.41, 5.74) is 7.02. The molecule has 5 heteroatoms. The van der Waals surface area contributed by atoms with E-state index in [0.29, 0.717) is 0 Å². The van der Waals surface area contributed by atoms with Crippen molar-refractivity contribution in [2.24, 2.45) is 0 Å². The van der Waals surface area contributed by atoms with Gasteiger partial charge in [-0.2, -0.15) is 0 Å². The molecule has 0 saturated carbocycles. The Labute approximate surface area is 150 Å². The highest BCUT2D eigenvalue weighted by molar-refractivity contribution is 5.85. The van der Waals surface area contributed by atoms with Crippen LogP contribution < -0.4 is 0 Å². The number of hydrogen-bond donors (Lipinski definition) is 0. The molecule has 0 aliphatic rings. The number of aromatic nitrogens is 2. The lowest BCUT2D eigenvalue weighted by Gasteiger charge is -2.11. The Morgan fingerprint density at radius 2 is 1.61 bits per heavy atom. The second-order valence-electron chi connectivity index (χ2n) is 5.94. The van der Waals surface area contributed by atoms with Crippen LogP contribution in [0.5, 0.6) is 0 Å². The van der Waals surface area contributed by atoms with E-state index in [1.807, 2.05) is 0 Å². The Kier molecular flexibility index (Phi) is 6.63. The van der Waals surface area contributed by atoms with Crippen LogP contribution >= 0.6 is 24.8 Å². The number of aryl methyl sites for hydroxylation is 2. The molecule has 124 valence electrons. The maximum Gasteiger partial charge on any atom is 0.137 e. The zero-order valence-electron chi connectivity index (χ0n) is 13.9. The standard InChI is InChI=1S/C18H21N3.2ClH/c1-13-5-7-15(8-6-13)18-16(12-20(3)4)21-10-9-14(2)11-17(21)19-18;;/h5-11H,12H2,1-4H3;2*1H. The monoisotopic (exact) mass is 351 g/mol. The Morgan fingerprint density at radius 3 is 2.22 bits per heavy atom. The molecule has 3 aromatic rings. The number of pyridine rings is 1. The van der Waals surface area contributed by atoms with Gasteiger partial charge in [-0.1, -0.05) is 29.8 Å².